The van der Waals surface area contributed by atoms with Gasteiger partial charge in [-0.25, -0.2) is 4.79 Å². The fourth-order valence-electron chi connectivity index (χ4n) is 1.39. The molecule has 0 saturated carbocycles. The van der Waals surface area contributed by atoms with Crippen molar-refractivity contribution in [3.05, 3.63) is 40.4 Å². The minimum absolute atomic E-state index is 0.318. The first kappa shape index (κ1) is 15.4. The van der Waals surface area contributed by atoms with Crippen LogP contribution in [-0.4, -0.2) is 22.5 Å². The lowest BCUT2D eigenvalue weighted by Gasteiger charge is -2.23. The van der Waals surface area contributed by atoms with E-state index in [9.17, 15) is 9.59 Å². The molecule has 4 nitrogen and oxygen atoms in total. The first-order chi connectivity index (χ1) is 8.87. The number of halogens is 1. The van der Waals surface area contributed by atoms with Gasteiger partial charge in [-0.15, -0.1) is 0 Å². The molecule has 1 unspecified atom stereocenters. The van der Waals surface area contributed by atoms with Gasteiger partial charge in [0.05, 0.1) is 0 Å². The highest BCUT2D eigenvalue weighted by molar-refractivity contribution is 9.10. The smallest absolute Gasteiger partial charge is 0.329 e. The van der Waals surface area contributed by atoms with Gasteiger partial charge in [0.2, 0.25) is 5.91 Å². The number of carbonyl (C=O) groups is 2. The highest BCUT2D eigenvalue weighted by atomic mass is 79.9. The molecule has 0 heterocycles. The number of aliphatic carboxylic acids is 1. The molecular formula is C14H16BrNO3. The molecule has 0 spiro atoms. The number of carboxylic acids is 1. The molecule has 0 saturated heterocycles. The number of amides is 1. The number of hydrogen-bond donors (Lipinski definition) is 2. The summed E-state index contributed by atoms with van der Waals surface area (Å²) in [5.41, 5.74) is -0.378. The molecule has 0 fully saturated rings. The first-order valence-corrected chi connectivity index (χ1v) is 6.66. The molecule has 0 aromatic heterocycles. The first-order valence-electron chi connectivity index (χ1n) is 5.86. The predicted molar refractivity (Wildman–Crippen MR) is 77.7 cm³/mol. The van der Waals surface area contributed by atoms with Gasteiger partial charge in [-0.3, -0.25) is 4.79 Å². The summed E-state index contributed by atoms with van der Waals surface area (Å²) < 4.78 is 0.916. The summed E-state index contributed by atoms with van der Waals surface area (Å²) in [4.78, 5) is 22.8. The second-order valence-corrected chi connectivity index (χ2v) is 5.28. The van der Waals surface area contributed by atoms with Gasteiger partial charge in [0.25, 0.3) is 0 Å². The minimum Gasteiger partial charge on any atom is -0.480 e. The molecular weight excluding hydrogens is 310 g/mol. The second-order valence-electron chi connectivity index (χ2n) is 4.37. The van der Waals surface area contributed by atoms with Crippen LogP contribution in [0.2, 0.25) is 0 Å². The lowest BCUT2D eigenvalue weighted by Crippen LogP contribution is -2.51. The number of carboxylic acid groups (broad SMARTS) is 1. The van der Waals surface area contributed by atoms with Crippen molar-refractivity contribution in [3.8, 4) is 0 Å². The molecule has 1 amide bonds. The van der Waals surface area contributed by atoms with Crippen molar-refractivity contribution < 1.29 is 14.7 Å². The van der Waals surface area contributed by atoms with E-state index < -0.39 is 17.4 Å². The minimum atomic E-state index is -1.24. The highest BCUT2D eigenvalue weighted by Crippen LogP contribution is 2.13. The lowest BCUT2D eigenvalue weighted by molar-refractivity contribution is -0.146. The van der Waals surface area contributed by atoms with E-state index in [1.807, 2.05) is 24.3 Å². The van der Waals surface area contributed by atoms with Crippen LogP contribution >= 0.6 is 15.9 Å². The quantitative estimate of drug-likeness (QED) is 0.818. The molecule has 2 N–H and O–H groups in total. The molecule has 0 radical (unpaired) electrons. The summed E-state index contributed by atoms with van der Waals surface area (Å²) >= 11 is 3.34. The number of hydrogen-bond acceptors (Lipinski definition) is 2. The molecule has 1 aromatic rings. The van der Waals surface area contributed by atoms with E-state index in [2.05, 4.69) is 21.2 Å². The second kappa shape index (κ2) is 6.52. The molecule has 0 bridgehead atoms. The van der Waals surface area contributed by atoms with Crippen LogP contribution in [-0.2, 0) is 9.59 Å². The number of carbonyl (C=O) groups excluding carboxylic acids is 1. The van der Waals surface area contributed by atoms with Crippen LogP contribution < -0.4 is 5.32 Å². The van der Waals surface area contributed by atoms with Gasteiger partial charge in [-0.2, -0.15) is 0 Å². The Hall–Kier alpha value is -1.62. The molecule has 5 heteroatoms. The van der Waals surface area contributed by atoms with Crippen LogP contribution in [0.15, 0.2) is 34.8 Å². The maximum absolute atomic E-state index is 11.7. The van der Waals surface area contributed by atoms with Crippen molar-refractivity contribution in [3.63, 3.8) is 0 Å². The maximum Gasteiger partial charge on any atom is 0.329 e. The fraction of sp³-hybridized carbons (Fsp3) is 0.286. The zero-order valence-electron chi connectivity index (χ0n) is 10.8. The Bertz CT molecular complexity index is 513. The third-order valence-corrected chi connectivity index (χ3v) is 3.35. The molecule has 102 valence electrons. The van der Waals surface area contributed by atoms with Gasteiger partial charge in [-0.05, 0) is 37.1 Å². The van der Waals surface area contributed by atoms with E-state index >= 15 is 0 Å². The Balaban J connectivity index is 2.73. The van der Waals surface area contributed by atoms with E-state index in [4.69, 9.17) is 5.11 Å². The van der Waals surface area contributed by atoms with Crippen molar-refractivity contribution in [1.82, 2.24) is 5.32 Å². The summed E-state index contributed by atoms with van der Waals surface area (Å²) in [6, 6.07) is 7.45. The zero-order valence-corrected chi connectivity index (χ0v) is 12.4. The maximum atomic E-state index is 11.7. The van der Waals surface area contributed by atoms with Crippen LogP contribution in [0.25, 0.3) is 6.08 Å². The topological polar surface area (TPSA) is 66.4 Å². The van der Waals surface area contributed by atoms with E-state index in [0.717, 1.165) is 10.0 Å². The summed E-state index contributed by atoms with van der Waals surface area (Å²) in [6.07, 6.45) is 3.29. The van der Waals surface area contributed by atoms with Crippen molar-refractivity contribution in [1.29, 1.82) is 0 Å². The van der Waals surface area contributed by atoms with Gasteiger partial charge in [0.1, 0.15) is 5.54 Å². The van der Waals surface area contributed by atoms with Gasteiger partial charge in [0, 0.05) is 10.5 Å². The van der Waals surface area contributed by atoms with Crippen LogP contribution in [0.3, 0.4) is 0 Å². The van der Waals surface area contributed by atoms with Crippen molar-refractivity contribution in [2.24, 2.45) is 0 Å². The molecule has 0 aliphatic heterocycles. The average Bonchev–Trinajstić information content (AvgIpc) is 2.36. The Labute approximate surface area is 120 Å². The van der Waals surface area contributed by atoms with Crippen LogP contribution in [0, 0.1) is 0 Å². The Morgan fingerprint density at radius 2 is 2.16 bits per heavy atom. The molecule has 0 aliphatic carbocycles. The van der Waals surface area contributed by atoms with Crippen LogP contribution in [0.1, 0.15) is 25.8 Å². The summed E-state index contributed by atoms with van der Waals surface area (Å²) in [7, 11) is 0. The molecule has 1 atom stereocenters. The van der Waals surface area contributed by atoms with E-state index in [0.29, 0.717) is 6.42 Å². The molecule has 1 rings (SSSR count). The predicted octanol–water partition coefficient (Wildman–Crippen LogP) is 2.83. The monoisotopic (exact) mass is 325 g/mol. The van der Waals surface area contributed by atoms with E-state index in [1.54, 1.807) is 13.0 Å². The van der Waals surface area contributed by atoms with Crippen molar-refractivity contribution >= 4 is 33.9 Å². The Morgan fingerprint density at radius 3 is 2.68 bits per heavy atom. The van der Waals surface area contributed by atoms with E-state index in [1.165, 1.54) is 13.0 Å². The SMILES string of the molecule is CCC(C)(NC(=O)C=Cc1cccc(Br)c1)C(=O)O. The molecule has 19 heavy (non-hydrogen) atoms. The number of benzene rings is 1. The number of nitrogens with one attached hydrogen (secondary N) is 1. The Morgan fingerprint density at radius 1 is 1.47 bits per heavy atom. The summed E-state index contributed by atoms with van der Waals surface area (Å²) in [5, 5.41) is 11.5. The van der Waals surface area contributed by atoms with Crippen molar-refractivity contribution in [2.75, 3.05) is 0 Å². The fourth-order valence-corrected chi connectivity index (χ4v) is 1.81. The summed E-state index contributed by atoms with van der Waals surface area (Å²) in [6.45, 7) is 3.20. The van der Waals surface area contributed by atoms with Gasteiger partial charge in [0.15, 0.2) is 0 Å². The standard InChI is InChI=1S/C14H16BrNO3/c1-3-14(2,13(18)19)16-12(17)8-7-10-5-4-6-11(15)9-10/h4-9H,3H2,1-2H3,(H,16,17)(H,18,19). The van der Waals surface area contributed by atoms with Crippen LogP contribution in [0.5, 0.6) is 0 Å². The molecule has 1 aromatic carbocycles. The lowest BCUT2D eigenvalue weighted by atomic mass is 9.99. The normalized spacial score (nSPS) is 14.1. The number of rotatable bonds is 5. The average molecular weight is 326 g/mol. The zero-order chi connectivity index (χ0) is 14.5. The highest BCUT2D eigenvalue weighted by Gasteiger charge is 2.31. The Kier molecular flexibility index (Phi) is 5.30. The van der Waals surface area contributed by atoms with Crippen LogP contribution in [0.4, 0.5) is 0 Å². The molecule has 0 aliphatic rings. The van der Waals surface area contributed by atoms with Crippen molar-refractivity contribution in [2.45, 2.75) is 25.8 Å². The third-order valence-electron chi connectivity index (χ3n) is 2.85. The largest absolute Gasteiger partial charge is 0.480 e. The van der Waals surface area contributed by atoms with Gasteiger partial charge >= 0.3 is 5.97 Å². The van der Waals surface area contributed by atoms with E-state index in [-0.39, 0.29) is 0 Å². The van der Waals surface area contributed by atoms with Gasteiger partial charge in [-0.1, -0.05) is 35.0 Å². The summed E-state index contributed by atoms with van der Waals surface area (Å²) in [5.74, 6) is -1.47. The third kappa shape index (κ3) is 4.52. The van der Waals surface area contributed by atoms with Gasteiger partial charge < -0.3 is 10.4 Å².